The summed E-state index contributed by atoms with van der Waals surface area (Å²) in [7, 11) is -3.56. The van der Waals surface area contributed by atoms with E-state index in [9.17, 15) is 12.8 Å². The number of nitrogens with one attached hydrogen (secondary N) is 1. The first-order valence-electron chi connectivity index (χ1n) is 9.10. The Labute approximate surface area is 158 Å². The summed E-state index contributed by atoms with van der Waals surface area (Å²) < 4.78 is 40.0. The fourth-order valence-corrected chi connectivity index (χ4v) is 5.13. The molecule has 1 N–H and O–H groups in total. The average Bonchev–Trinajstić information content (AvgIpc) is 2.69. The van der Waals surface area contributed by atoms with Crippen molar-refractivity contribution in [1.29, 1.82) is 0 Å². The topological polar surface area (TPSA) is 41.8 Å². The van der Waals surface area contributed by atoms with Gasteiger partial charge in [0.1, 0.15) is 12.4 Å². The summed E-state index contributed by atoms with van der Waals surface area (Å²) in [6, 6.07) is 19.7. The number of benzene rings is 3. The quantitative estimate of drug-likeness (QED) is 0.747. The van der Waals surface area contributed by atoms with Gasteiger partial charge in [-0.2, -0.15) is 4.31 Å². The highest BCUT2D eigenvalue weighted by Crippen LogP contribution is 2.18. The molecule has 0 aromatic heterocycles. The van der Waals surface area contributed by atoms with Crippen molar-refractivity contribution in [3.8, 4) is 0 Å². The Morgan fingerprint density at radius 2 is 1.56 bits per heavy atom. The van der Waals surface area contributed by atoms with Crippen molar-refractivity contribution in [2.45, 2.75) is 11.4 Å². The van der Waals surface area contributed by atoms with Gasteiger partial charge in [0.15, 0.2) is 0 Å². The summed E-state index contributed by atoms with van der Waals surface area (Å²) >= 11 is 0. The average molecular weight is 385 g/mol. The van der Waals surface area contributed by atoms with Crippen LogP contribution >= 0.6 is 0 Å². The van der Waals surface area contributed by atoms with Crippen molar-refractivity contribution in [2.75, 3.05) is 26.2 Å². The van der Waals surface area contributed by atoms with Crippen molar-refractivity contribution in [3.05, 3.63) is 78.1 Å². The third-order valence-corrected chi connectivity index (χ3v) is 7.11. The summed E-state index contributed by atoms with van der Waals surface area (Å²) in [4.78, 5) is 1.53. The minimum Gasteiger partial charge on any atom is -0.329 e. The van der Waals surface area contributed by atoms with Crippen molar-refractivity contribution < 1.29 is 17.7 Å². The molecule has 0 bridgehead atoms. The minimum atomic E-state index is -3.56. The van der Waals surface area contributed by atoms with E-state index in [1.807, 2.05) is 12.1 Å². The third-order valence-electron chi connectivity index (χ3n) is 5.20. The van der Waals surface area contributed by atoms with E-state index in [0.717, 1.165) is 19.6 Å². The first kappa shape index (κ1) is 18.1. The van der Waals surface area contributed by atoms with Gasteiger partial charge in [0, 0.05) is 5.56 Å². The van der Waals surface area contributed by atoms with Gasteiger partial charge in [0.2, 0.25) is 10.0 Å². The van der Waals surface area contributed by atoms with E-state index in [1.165, 1.54) is 49.8 Å². The van der Waals surface area contributed by atoms with Crippen LogP contribution in [0.15, 0.2) is 71.6 Å². The van der Waals surface area contributed by atoms with Gasteiger partial charge in [-0.05, 0) is 35.0 Å². The lowest BCUT2D eigenvalue weighted by molar-refractivity contribution is -0.917. The summed E-state index contributed by atoms with van der Waals surface area (Å²) in [6.45, 7) is 3.33. The second-order valence-electron chi connectivity index (χ2n) is 6.92. The number of sulfonamides is 1. The normalized spacial score (nSPS) is 16.6. The summed E-state index contributed by atoms with van der Waals surface area (Å²) in [5, 5.41) is 2.49. The van der Waals surface area contributed by atoms with E-state index >= 15 is 0 Å². The SMILES string of the molecule is O=S(=O)(c1ccc(F)cc1)N1CC[NH+](Cc2cccc3ccccc23)CC1. The Hall–Kier alpha value is -2.28. The molecule has 1 aliphatic heterocycles. The fourth-order valence-electron chi connectivity index (χ4n) is 3.69. The van der Waals surface area contributed by atoms with Gasteiger partial charge in [-0.1, -0.05) is 42.5 Å². The van der Waals surface area contributed by atoms with Gasteiger partial charge >= 0.3 is 0 Å². The molecule has 4 nitrogen and oxygen atoms in total. The lowest BCUT2D eigenvalue weighted by atomic mass is 10.0. The van der Waals surface area contributed by atoms with E-state index in [2.05, 4.69) is 30.3 Å². The van der Waals surface area contributed by atoms with Gasteiger partial charge in [-0.15, -0.1) is 0 Å². The molecule has 1 fully saturated rings. The molecule has 0 atom stereocenters. The van der Waals surface area contributed by atoms with Crippen LogP contribution in [0.2, 0.25) is 0 Å². The highest BCUT2D eigenvalue weighted by atomic mass is 32.2. The van der Waals surface area contributed by atoms with Gasteiger partial charge < -0.3 is 4.90 Å². The molecule has 1 aliphatic rings. The zero-order valence-corrected chi connectivity index (χ0v) is 15.8. The monoisotopic (exact) mass is 385 g/mol. The van der Waals surface area contributed by atoms with Crippen LogP contribution in [0.1, 0.15) is 5.56 Å². The molecular formula is C21H22FN2O2S+. The first-order valence-corrected chi connectivity index (χ1v) is 10.5. The van der Waals surface area contributed by atoms with Crippen LogP contribution in [0.3, 0.4) is 0 Å². The Morgan fingerprint density at radius 3 is 2.30 bits per heavy atom. The number of rotatable bonds is 4. The second-order valence-corrected chi connectivity index (χ2v) is 8.86. The van der Waals surface area contributed by atoms with Gasteiger partial charge in [-0.25, -0.2) is 12.8 Å². The Bertz CT molecular complexity index is 1040. The molecule has 3 aromatic rings. The molecule has 1 saturated heterocycles. The number of nitrogens with zero attached hydrogens (tertiary/aromatic N) is 1. The Kier molecular flexibility index (Phi) is 4.95. The lowest BCUT2D eigenvalue weighted by Gasteiger charge is -2.31. The number of halogens is 1. The highest BCUT2D eigenvalue weighted by Gasteiger charge is 2.30. The van der Waals surface area contributed by atoms with Gasteiger partial charge in [-0.3, -0.25) is 0 Å². The molecule has 1 heterocycles. The smallest absolute Gasteiger partial charge is 0.243 e. The van der Waals surface area contributed by atoms with Gasteiger partial charge in [0.25, 0.3) is 0 Å². The van der Waals surface area contributed by atoms with Crippen LogP contribution in [-0.2, 0) is 16.6 Å². The Balaban J connectivity index is 1.45. The summed E-state index contributed by atoms with van der Waals surface area (Å²) in [5.74, 6) is -0.432. The molecule has 140 valence electrons. The van der Waals surface area contributed by atoms with E-state index in [4.69, 9.17) is 0 Å². The molecule has 27 heavy (non-hydrogen) atoms. The molecule has 0 saturated carbocycles. The maximum absolute atomic E-state index is 13.1. The second kappa shape index (κ2) is 7.38. The predicted molar refractivity (Wildman–Crippen MR) is 104 cm³/mol. The van der Waals surface area contributed by atoms with Crippen molar-refractivity contribution in [3.63, 3.8) is 0 Å². The predicted octanol–water partition coefficient (Wildman–Crippen LogP) is 2.07. The van der Waals surface area contributed by atoms with Crippen LogP contribution in [0.5, 0.6) is 0 Å². The van der Waals surface area contributed by atoms with Crippen LogP contribution in [0, 0.1) is 5.82 Å². The lowest BCUT2D eigenvalue weighted by Crippen LogP contribution is -3.13. The Morgan fingerprint density at radius 1 is 0.889 bits per heavy atom. The first-order chi connectivity index (χ1) is 13.0. The molecule has 0 amide bonds. The number of piperazine rings is 1. The number of quaternary nitrogens is 1. The zero-order valence-electron chi connectivity index (χ0n) is 14.9. The van der Waals surface area contributed by atoms with Crippen molar-refractivity contribution >= 4 is 20.8 Å². The largest absolute Gasteiger partial charge is 0.329 e. The molecule has 6 heteroatoms. The summed E-state index contributed by atoms with van der Waals surface area (Å²) in [6.07, 6.45) is 0. The van der Waals surface area contributed by atoms with Crippen LogP contribution < -0.4 is 4.90 Å². The molecule has 4 rings (SSSR count). The highest BCUT2D eigenvalue weighted by molar-refractivity contribution is 7.89. The van der Waals surface area contributed by atoms with Gasteiger partial charge in [0.05, 0.1) is 31.1 Å². The minimum absolute atomic E-state index is 0.154. The third kappa shape index (κ3) is 3.74. The molecule has 0 aliphatic carbocycles. The maximum Gasteiger partial charge on any atom is 0.243 e. The summed E-state index contributed by atoms with van der Waals surface area (Å²) in [5.41, 5.74) is 1.29. The molecule has 0 unspecified atom stereocenters. The van der Waals surface area contributed by atoms with Crippen LogP contribution in [0.25, 0.3) is 10.8 Å². The number of fused-ring (bicyclic) bond motifs is 1. The fraction of sp³-hybridized carbons (Fsp3) is 0.238. The van der Waals surface area contributed by atoms with E-state index in [-0.39, 0.29) is 4.90 Å². The molecular weight excluding hydrogens is 363 g/mol. The molecule has 3 aromatic carbocycles. The van der Waals surface area contributed by atoms with Crippen molar-refractivity contribution in [2.24, 2.45) is 0 Å². The molecule has 0 spiro atoms. The van der Waals surface area contributed by atoms with E-state index in [1.54, 1.807) is 0 Å². The maximum atomic E-state index is 13.1. The zero-order chi connectivity index (χ0) is 18.9. The van der Waals surface area contributed by atoms with Crippen molar-refractivity contribution in [1.82, 2.24) is 4.31 Å². The molecule has 0 radical (unpaired) electrons. The van der Waals surface area contributed by atoms with Crippen LogP contribution in [0.4, 0.5) is 4.39 Å². The van der Waals surface area contributed by atoms with Crippen LogP contribution in [-0.4, -0.2) is 38.9 Å². The number of hydrogen-bond acceptors (Lipinski definition) is 2. The standard InChI is InChI=1S/C21H21FN2O2S/c22-19-8-10-20(11-9-19)27(25,26)24-14-12-23(13-15-24)16-18-6-3-5-17-4-1-2-7-21(17)18/h1-11H,12-16H2/p+1. The number of hydrogen-bond donors (Lipinski definition) is 1. The van der Waals surface area contributed by atoms with E-state index in [0.29, 0.717) is 13.1 Å². The van der Waals surface area contributed by atoms with E-state index < -0.39 is 15.8 Å².